The maximum atomic E-state index is 7.32. The molecule has 0 fully saturated rings. The van der Waals surface area contributed by atoms with Crippen molar-refractivity contribution < 1.29 is 4.74 Å². The van der Waals surface area contributed by atoms with E-state index in [1.165, 1.54) is 57.0 Å². The molecule has 0 amide bonds. The number of hydrogen-bond acceptors (Lipinski definition) is 1. The summed E-state index contributed by atoms with van der Waals surface area (Å²) in [6.45, 7) is 9.67. The van der Waals surface area contributed by atoms with Gasteiger partial charge in [0.2, 0.25) is 0 Å². The van der Waals surface area contributed by atoms with Crippen molar-refractivity contribution in [1.29, 1.82) is 0 Å². The van der Waals surface area contributed by atoms with Crippen LogP contribution in [-0.4, -0.2) is 31.4 Å². The van der Waals surface area contributed by atoms with Gasteiger partial charge in [0.15, 0.2) is 0 Å². The van der Waals surface area contributed by atoms with Crippen molar-refractivity contribution in [1.82, 2.24) is 0 Å². The van der Waals surface area contributed by atoms with Crippen molar-refractivity contribution in [2.24, 2.45) is 0 Å². The zero-order valence-corrected chi connectivity index (χ0v) is 14.7. The molecule has 0 rings (SSSR count). The Bertz CT molecular complexity index is 165. The molecule has 0 N–H and O–H groups in total. The molecule has 0 atom stereocenters. The Balaban J connectivity index is 4.82. The van der Waals surface area contributed by atoms with Crippen LogP contribution in [-0.2, 0) is 4.74 Å². The molecule has 1 nitrogen and oxygen atoms in total. The van der Waals surface area contributed by atoms with Crippen LogP contribution in [0.25, 0.3) is 0 Å². The number of ether oxygens (including phenoxy) is 1. The predicted molar refractivity (Wildman–Crippen MR) is 88.6 cm³/mol. The summed E-state index contributed by atoms with van der Waals surface area (Å²) in [6, 6.07) is 0. The molecular formula is C15H34ClOP. The molecule has 18 heavy (non-hydrogen) atoms. The molecule has 112 valence electrons. The molecular weight excluding hydrogens is 263 g/mol. The quantitative estimate of drug-likeness (QED) is 0.396. The summed E-state index contributed by atoms with van der Waals surface area (Å²) in [7, 11) is 0. The molecule has 0 bridgehead atoms. The van der Waals surface area contributed by atoms with Crippen LogP contribution in [0.4, 0.5) is 0 Å². The van der Waals surface area contributed by atoms with Crippen molar-refractivity contribution in [3.8, 4) is 0 Å². The second-order valence-corrected chi connectivity index (χ2v) is 13.8. The standard InChI is InChI=1S/C15H34ClOP/c1-5-9-12-18(16,13-10-6-2,14-11-7-3)15-17-8-4/h5-15H2,1-4H3. The molecule has 0 aliphatic carbocycles. The molecule has 0 radical (unpaired) electrons. The van der Waals surface area contributed by atoms with E-state index < -0.39 is 5.96 Å². The van der Waals surface area contributed by atoms with E-state index in [1.54, 1.807) is 0 Å². The summed E-state index contributed by atoms with van der Waals surface area (Å²) >= 11 is 7.32. The summed E-state index contributed by atoms with van der Waals surface area (Å²) in [5, 5.41) is 0. The molecule has 0 unspecified atom stereocenters. The molecule has 0 saturated carbocycles. The Morgan fingerprint density at radius 1 is 0.778 bits per heavy atom. The fraction of sp³-hybridized carbons (Fsp3) is 1.00. The zero-order chi connectivity index (χ0) is 13.9. The number of hydrogen-bond donors (Lipinski definition) is 0. The van der Waals surface area contributed by atoms with Gasteiger partial charge in [-0.05, 0) is 0 Å². The molecule has 0 aliphatic rings. The van der Waals surface area contributed by atoms with Gasteiger partial charge < -0.3 is 0 Å². The third-order valence-corrected chi connectivity index (χ3v) is 10.8. The Morgan fingerprint density at radius 2 is 1.17 bits per heavy atom. The Labute approximate surface area is 120 Å². The number of unbranched alkanes of at least 4 members (excludes halogenated alkanes) is 3. The van der Waals surface area contributed by atoms with Gasteiger partial charge in [0, 0.05) is 0 Å². The third-order valence-electron chi connectivity index (χ3n) is 3.83. The molecule has 0 aromatic rings. The normalized spacial score (nSPS) is 14.4. The van der Waals surface area contributed by atoms with Gasteiger partial charge in [0.25, 0.3) is 0 Å². The van der Waals surface area contributed by atoms with Crippen LogP contribution in [0.1, 0.15) is 66.2 Å². The van der Waals surface area contributed by atoms with Crippen molar-refractivity contribution in [2.45, 2.75) is 66.2 Å². The van der Waals surface area contributed by atoms with Crippen LogP contribution in [0.2, 0.25) is 0 Å². The van der Waals surface area contributed by atoms with Crippen LogP contribution in [0.3, 0.4) is 0 Å². The topological polar surface area (TPSA) is 9.23 Å². The molecule has 0 saturated heterocycles. The van der Waals surface area contributed by atoms with E-state index in [9.17, 15) is 0 Å². The molecule has 3 heteroatoms. The molecule has 0 aromatic heterocycles. The molecule has 0 aliphatic heterocycles. The first kappa shape index (κ1) is 18.7. The van der Waals surface area contributed by atoms with Gasteiger partial charge in [-0.2, -0.15) is 0 Å². The summed E-state index contributed by atoms with van der Waals surface area (Å²) in [5.74, 6) is -2.11. The summed E-state index contributed by atoms with van der Waals surface area (Å²) in [4.78, 5) is 0. The second-order valence-electron chi connectivity index (χ2n) is 5.67. The Hall–Kier alpha value is 0.680. The van der Waals surface area contributed by atoms with Crippen LogP contribution < -0.4 is 0 Å². The van der Waals surface area contributed by atoms with E-state index in [2.05, 4.69) is 27.7 Å². The SMILES string of the molecule is CCCCP(Cl)(CCCC)(CCCC)COCC. The van der Waals surface area contributed by atoms with Crippen LogP contribution >= 0.6 is 17.2 Å². The maximum absolute atomic E-state index is 7.32. The van der Waals surface area contributed by atoms with E-state index in [-0.39, 0.29) is 0 Å². The van der Waals surface area contributed by atoms with Crippen LogP contribution in [0.15, 0.2) is 0 Å². The summed E-state index contributed by atoms with van der Waals surface area (Å²) in [5.41, 5.74) is 0. The second kappa shape index (κ2) is 9.56. The van der Waals surface area contributed by atoms with Crippen molar-refractivity contribution in [3.05, 3.63) is 0 Å². The minimum atomic E-state index is -2.11. The minimum absolute atomic E-state index is 0.801. The Kier molecular flexibility index (Phi) is 9.92. The van der Waals surface area contributed by atoms with Gasteiger partial charge in [0.05, 0.1) is 0 Å². The van der Waals surface area contributed by atoms with Crippen LogP contribution in [0.5, 0.6) is 0 Å². The average molecular weight is 297 g/mol. The summed E-state index contributed by atoms with van der Waals surface area (Å²) in [6.07, 6.45) is 12.1. The molecule has 0 spiro atoms. The van der Waals surface area contributed by atoms with E-state index >= 15 is 0 Å². The third kappa shape index (κ3) is 6.73. The van der Waals surface area contributed by atoms with Gasteiger partial charge in [-0.1, -0.05) is 0 Å². The summed E-state index contributed by atoms with van der Waals surface area (Å²) < 4.78 is 5.82. The number of halogens is 1. The van der Waals surface area contributed by atoms with Crippen molar-refractivity contribution >= 4 is 17.2 Å². The monoisotopic (exact) mass is 296 g/mol. The fourth-order valence-corrected chi connectivity index (χ4v) is 8.81. The first-order valence-corrected chi connectivity index (χ1v) is 11.7. The molecule has 0 heterocycles. The van der Waals surface area contributed by atoms with E-state index in [4.69, 9.17) is 16.0 Å². The first-order chi connectivity index (χ1) is 8.54. The molecule has 0 aromatic carbocycles. The fourth-order valence-electron chi connectivity index (χ4n) is 2.51. The average Bonchev–Trinajstić information content (AvgIpc) is 2.40. The van der Waals surface area contributed by atoms with Gasteiger partial charge in [-0.15, -0.1) is 0 Å². The van der Waals surface area contributed by atoms with E-state index in [0.29, 0.717) is 0 Å². The first-order valence-electron chi connectivity index (χ1n) is 7.84. The van der Waals surface area contributed by atoms with E-state index in [1.807, 2.05) is 0 Å². The van der Waals surface area contributed by atoms with Gasteiger partial charge in [-0.3, -0.25) is 0 Å². The Morgan fingerprint density at radius 3 is 1.44 bits per heavy atom. The van der Waals surface area contributed by atoms with Crippen molar-refractivity contribution in [3.63, 3.8) is 0 Å². The van der Waals surface area contributed by atoms with E-state index in [0.717, 1.165) is 13.0 Å². The predicted octanol–water partition coefficient (Wildman–Crippen LogP) is 6.09. The van der Waals surface area contributed by atoms with Gasteiger partial charge >= 0.3 is 120 Å². The van der Waals surface area contributed by atoms with Crippen LogP contribution in [0, 0.1) is 0 Å². The van der Waals surface area contributed by atoms with Gasteiger partial charge in [-0.25, -0.2) is 0 Å². The van der Waals surface area contributed by atoms with Gasteiger partial charge in [0.1, 0.15) is 0 Å². The number of rotatable bonds is 12. The zero-order valence-electron chi connectivity index (χ0n) is 13.0. The van der Waals surface area contributed by atoms with Crippen molar-refractivity contribution in [2.75, 3.05) is 31.4 Å².